The quantitative estimate of drug-likeness (QED) is 0.789. The number of ether oxygens (including phenoxy) is 2. The largest absolute Gasteiger partial charge is 0.496 e. The molecule has 0 aliphatic carbocycles. The average molecular weight is 329 g/mol. The Morgan fingerprint density at radius 1 is 1.00 bits per heavy atom. The first-order valence-corrected chi connectivity index (χ1v) is 8.01. The van der Waals surface area contributed by atoms with Crippen molar-refractivity contribution in [3.8, 4) is 11.5 Å². The van der Waals surface area contributed by atoms with E-state index < -0.39 is 0 Å². The Hall–Kier alpha value is -2.07. The Labute approximate surface area is 143 Å². The van der Waals surface area contributed by atoms with Crippen molar-refractivity contribution in [2.75, 3.05) is 19.5 Å². The minimum absolute atomic E-state index is 0.330. The van der Waals surface area contributed by atoms with Crippen LogP contribution in [-0.2, 0) is 0 Å². The number of hydrogen-bond acceptors (Lipinski definition) is 3. The SMILES string of the molecule is COc1cc(OC)c(C(C)C)cc1C(=S)Nc1ccc(C)cc1. The molecular weight excluding hydrogens is 306 g/mol. The molecule has 4 heteroatoms. The third-order valence-electron chi connectivity index (χ3n) is 3.73. The molecule has 0 atom stereocenters. The first-order chi connectivity index (χ1) is 11.0. The van der Waals surface area contributed by atoms with E-state index in [1.165, 1.54) is 5.56 Å². The predicted octanol–water partition coefficient (Wildman–Crippen LogP) is 4.92. The van der Waals surface area contributed by atoms with Gasteiger partial charge < -0.3 is 14.8 Å². The molecule has 122 valence electrons. The molecule has 2 aromatic rings. The maximum Gasteiger partial charge on any atom is 0.132 e. The second kappa shape index (κ2) is 7.47. The van der Waals surface area contributed by atoms with E-state index in [1.807, 2.05) is 24.3 Å². The molecule has 1 N–H and O–H groups in total. The zero-order chi connectivity index (χ0) is 17.0. The summed E-state index contributed by atoms with van der Waals surface area (Å²) in [7, 11) is 3.31. The van der Waals surface area contributed by atoms with Crippen molar-refractivity contribution in [3.05, 3.63) is 53.1 Å². The van der Waals surface area contributed by atoms with Gasteiger partial charge in [-0.15, -0.1) is 0 Å². The zero-order valence-electron chi connectivity index (χ0n) is 14.3. The van der Waals surface area contributed by atoms with Crippen LogP contribution in [0, 0.1) is 6.92 Å². The van der Waals surface area contributed by atoms with Crippen LogP contribution in [-0.4, -0.2) is 19.2 Å². The van der Waals surface area contributed by atoms with Gasteiger partial charge >= 0.3 is 0 Å². The highest BCUT2D eigenvalue weighted by Gasteiger charge is 2.16. The van der Waals surface area contributed by atoms with Gasteiger partial charge in [-0.2, -0.15) is 0 Å². The third-order valence-corrected chi connectivity index (χ3v) is 4.05. The van der Waals surface area contributed by atoms with Gasteiger partial charge in [0.1, 0.15) is 16.5 Å². The summed E-state index contributed by atoms with van der Waals surface area (Å²) in [6, 6.07) is 12.1. The number of aryl methyl sites for hydroxylation is 1. The lowest BCUT2D eigenvalue weighted by Gasteiger charge is -2.18. The fourth-order valence-corrected chi connectivity index (χ4v) is 2.66. The summed E-state index contributed by atoms with van der Waals surface area (Å²) in [6.07, 6.45) is 0. The molecule has 2 aromatic carbocycles. The molecule has 2 rings (SSSR count). The number of rotatable bonds is 5. The van der Waals surface area contributed by atoms with Crippen LogP contribution in [0.2, 0.25) is 0 Å². The summed E-state index contributed by atoms with van der Waals surface area (Å²) in [5.41, 5.74) is 4.15. The second-order valence-electron chi connectivity index (χ2n) is 5.77. The monoisotopic (exact) mass is 329 g/mol. The highest BCUT2D eigenvalue weighted by molar-refractivity contribution is 7.81. The Kier molecular flexibility index (Phi) is 5.61. The van der Waals surface area contributed by atoms with Gasteiger partial charge in [0.2, 0.25) is 0 Å². The van der Waals surface area contributed by atoms with Crippen LogP contribution >= 0.6 is 12.2 Å². The first kappa shape index (κ1) is 17.3. The molecule has 0 aliphatic rings. The van der Waals surface area contributed by atoms with Gasteiger partial charge in [-0.3, -0.25) is 0 Å². The molecule has 3 nitrogen and oxygen atoms in total. The molecule has 0 saturated carbocycles. The Morgan fingerprint density at radius 3 is 2.13 bits per heavy atom. The van der Waals surface area contributed by atoms with Crippen LogP contribution in [0.3, 0.4) is 0 Å². The standard InChI is InChI=1S/C19H23NO2S/c1-12(2)15-10-16(18(22-5)11-17(15)21-4)19(23)20-14-8-6-13(3)7-9-14/h6-12H,1-5H3,(H,20,23). The molecule has 0 radical (unpaired) electrons. The smallest absolute Gasteiger partial charge is 0.132 e. The molecule has 0 unspecified atom stereocenters. The van der Waals surface area contributed by atoms with Crippen LogP contribution in [0.1, 0.15) is 36.5 Å². The van der Waals surface area contributed by atoms with Gasteiger partial charge in [0.25, 0.3) is 0 Å². The minimum Gasteiger partial charge on any atom is -0.496 e. The number of nitrogens with one attached hydrogen (secondary N) is 1. The van der Waals surface area contributed by atoms with Crippen molar-refractivity contribution in [3.63, 3.8) is 0 Å². The van der Waals surface area contributed by atoms with Crippen molar-refractivity contribution in [2.45, 2.75) is 26.7 Å². The van der Waals surface area contributed by atoms with E-state index in [1.54, 1.807) is 14.2 Å². The van der Waals surface area contributed by atoms with Crippen molar-refractivity contribution < 1.29 is 9.47 Å². The first-order valence-electron chi connectivity index (χ1n) is 7.60. The fraction of sp³-hybridized carbons (Fsp3) is 0.316. The second-order valence-corrected chi connectivity index (χ2v) is 6.18. The Morgan fingerprint density at radius 2 is 1.61 bits per heavy atom. The van der Waals surface area contributed by atoms with Gasteiger partial charge in [-0.25, -0.2) is 0 Å². The van der Waals surface area contributed by atoms with Crippen molar-refractivity contribution in [2.24, 2.45) is 0 Å². The van der Waals surface area contributed by atoms with Crippen LogP contribution in [0.15, 0.2) is 36.4 Å². The van der Waals surface area contributed by atoms with E-state index in [4.69, 9.17) is 21.7 Å². The molecule has 0 aromatic heterocycles. The molecule has 0 spiro atoms. The zero-order valence-corrected chi connectivity index (χ0v) is 15.1. The lowest BCUT2D eigenvalue weighted by atomic mass is 9.98. The number of hydrogen-bond donors (Lipinski definition) is 1. The summed E-state index contributed by atoms with van der Waals surface area (Å²) in [5.74, 6) is 1.85. The van der Waals surface area contributed by atoms with Gasteiger partial charge in [-0.05, 0) is 36.6 Å². The molecule has 0 aliphatic heterocycles. The summed E-state index contributed by atoms with van der Waals surface area (Å²) < 4.78 is 11.0. The van der Waals surface area contributed by atoms with Gasteiger partial charge in [-0.1, -0.05) is 43.8 Å². The molecule has 0 bridgehead atoms. The lowest BCUT2D eigenvalue weighted by molar-refractivity contribution is 0.389. The fourth-order valence-electron chi connectivity index (χ4n) is 2.39. The lowest BCUT2D eigenvalue weighted by Crippen LogP contribution is -2.13. The minimum atomic E-state index is 0.330. The number of anilines is 1. The highest BCUT2D eigenvalue weighted by atomic mass is 32.1. The van der Waals surface area contributed by atoms with Crippen LogP contribution < -0.4 is 14.8 Å². The topological polar surface area (TPSA) is 30.5 Å². The molecular formula is C19H23NO2S. The van der Waals surface area contributed by atoms with E-state index >= 15 is 0 Å². The Bertz CT molecular complexity index is 693. The van der Waals surface area contributed by atoms with E-state index in [-0.39, 0.29) is 0 Å². The van der Waals surface area contributed by atoms with Crippen molar-refractivity contribution in [1.29, 1.82) is 0 Å². The predicted molar refractivity (Wildman–Crippen MR) is 100 cm³/mol. The summed E-state index contributed by atoms with van der Waals surface area (Å²) >= 11 is 5.58. The van der Waals surface area contributed by atoms with Crippen LogP contribution in [0.4, 0.5) is 5.69 Å². The maximum absolute atomic E-state index is 5.58. The van der Waals surface area contributed by atoms with Crippen molar-refractivity contribution >= 4 is 22.9 Å². The van der Waals surface area contributed by atoms with E-state index in [9.17, 15) is 0 Å². The molecule has 0 saturated heterocycles. The number of thiocarbonyl (C=S) groups is 1. The highest BCUT2D eigenvalue weighted by Crippen LogP contribution is 2.34. The maximum atomic E-state index is 5.58. The molecule has 23 heavy (non-hydrogen) atoms. The van der Waals surface area contributed by atoms with Crippen LogP contribution in [0.25, 0.3) is 0 Å². The van der Waals surface area contributed by atoms with Crippen molar-refractivity contribution in [1.82, 2.24) is 0 Å². The van der Waals surface area contributed by atoms with E-state index in [0.717, 1.165) is 22.6 Å². The molecule has 0 heterocycles. The molecule has 0 fully saturated rings. The van der Waals surface area contributed by atoms with Crippen LogP contribution in [0.5, 0.6) is 11.5 Å². The Balaban J connectivity index is 2.38. The number of benzene rings is 2. The summed E-state index contributed by atoms with van der Waals surface area (Å²) in [4.78, 5) is 0.634. The van der Waals surface area contributed by atoms with E-state index in [0.29, 0.717) is 16.7 Å². The summed E-state index contributed by atoms with van der Waals surface area (Å²) in [6.45, 7) is 6.32. The summed E-state index contributed by atoms with van der Waals surface area (Å²) in [5, 5.41) is 3.27. The third kappa shape index (κ3) is 4.02. The van der Waals surface area contributed by atoms with Gasteiger partial charge in [0.05, 0.1) is 19.8 Å². The normalized spacial score (nSPS) is 10.5. The molecule has 0 amide bonds. The number of methoxy groups -OCH3 is 2. The van der Waals surface area contributed by atoms with E-state index in [2.05, 4.69) is 38.2 Å². The average Bonchev–Trinajstić information content (AvgIpc) is 2.55. The van der Waals surface area contributed by atoms with Gasteiger partial charge in [0.15, 0.2) is 0 Å². The van der Waals surface area contributed by atoms with Gasteiger partial charge in [0, 0.05) is 11.8 Å².